The van der Waals surface area contributed by atoms with Crippen LogP contribution in [0.4, 0.5) is 0 Å². The third-order valence-corrected chi connectivity index (χ3v) is 4.67. The van der Waals surface area contributed by atoms with Crippen LogP contribution in [0.3, 0.4) is 0 Å². The molecule has 0 heterocycles. The molecule has 0 aliphatic rings. The highest BCUT2D eigenvalue weighted by atomic mass is 32.2. The Morgan fingerprint density at radius 1 is 0.625 bits per heavy atom. The largest absolute Gasteiger partial charge is 0.370 e. The van der Waals surface area contributed by atoms with E-state index in [0.29, 0.717) is 61.8 Å². The smallest absolute Gasteiger partial charge is 0.220 e. The van der Waals surface area contributed by atoms with E-state index >= 15 is 0 Å². The topological polar surface area (TPSA) is 144 Å². The van der Waals surface area contributed by atoms with Crippen LogP contribution in [-0.4, -0.2) is 59.7 Å². The molecule has 0 saturated carbocycles. The fourth-order valence-electron chi connectivity index (χ4n) is 1.46. The SMILES string of the molecule is NC(=O)CCSCCC(=O)NCCNC(=O)CCSCCC(N)=O. The van der Waals surface area contributed by atoms with E-state index in [1.807, 2.05) is 0 Å². The second-order valence-corrected chi connectivity index (χ2v) is 7.31. The van der Waals surface area contributed by atoms with E-state index in [1.54, 1.807) is 0 Å². The van der Waals surface area contributed by atoms with Gasteiger partial charge in [-0.25, -0.2) is 0 Å². The van der Waals surface area contributed by atoms with Crippen molar-refractivity contribution in [1.29, 1.82) is 0 Å². The number of amides is 4. The zero-order chi connectivity index (χ0) is 18.2. The maximum absolute atomic E-state index is 11.5. The van der Waals surface area contributed by atoms with Crippen LogP contribution in [0.2, 0.25) is 0 Å². The van der Waals surface area contributed by atoms with Crippen LogP contribution in [0.15, 0.2) is 0 Å². The molecule has 0 aromatic carbocycles. The zero-order valence-corrected chi connectivity index (χ0v) is 15.3. The summed E-state index contributed by atoms with van der Waals surface area (Å²) in [6.07, 6.45) is 1.38. The average Bonchev–Trinajstić information content (AvgIpc) is 2.50. The summed E-state index contributed by atoms with van der Waals surface area (Å²) in [7, 11) is 0. The number of hydrogen-bond acceptors (Lipinski definition) is 6. The Hall–Kier alpha value is -1.42. The molecule has 0 atom stereocenters. The second kappa shape index (κ2) is 15.1. The van der Waals surface area contributed by atoms with Crippen LogP contribution < -0.4 is 22.1 Å². The van der Waals surface area contributed by atoms with E-state index in [1.165, 1.54) is 23.5 Å². The van der Waals surface area contributed by atoms with Crippen molar-refractivity contribution in [2.75, 3.05) is 36.1 Å². The summed E-state index contributed by atoms with van der Waals surface area (Å²) in [5.74, 6) is 1.66. The van der Waals surface area contributed by atoms with Crippen LogP contribution in [0.5, 0.6) is 0 Å². The molecule has 0 spiro atoms. The van der Waals surface area contributed by atoms with E-state index in [0.717, 1.165) is 0 Å². The Kier molecular flexibility index (Phi) is 14.2. The Labute approximate surface area is 150 Å². The molecule has 0 rings (SSSR count). The Morgan fingerprint density at radius 2 is 0.958 bits per heavy atom. The molecule has 10 heteroatoms. The highest BCUT2D eigenvalue weighted by Gasteiger charge is 2.04. The van der Waals surface area contributed by atoms with Gasteiger partial charge in [0.2, 0.25) is 23.6 Å². The van der Waals surface area contributed by atoms with E-state index < -0.39 is 0 Å². The van der Waals surface area contributed by atoms with Gasteiger partial charge in [0.1, 0.15) is 0 Å². The zero-order valence-electron chi connectivity index (χ0n) is 13.7. The standard InChI is InChI=1S/C14H26N4O4S2/c15-11(19)1-7-23-9-3-13(21)17-5-6-18-14(22)4-10-24-8-2-12(16)20/h1-10H2,(H2,15,19)(H2,16,20)(H,17,21)(H,18,22). The van der Waals surface area contributed by atoms with E-state index in [-0.39, 0.29) is 23.6 Å². The first-order valence-corrected chi connectivity index (χ1v) is 9.98. The van der Waals surface area contributed by atoms with Crippen molar-refractivity contribution in [3.63, 3.8) is 0 Å². The first-order valence-electron chi connectivity index (χ1n) is 7.67. The molecular weight excluding hydrogens is 352 g/mol. The molecule has 4 amide bonds. The molecule has 0 aliphatic carbocycles. The normalized spacial score (nSPS) is 10.2. The number of carbonyl (C=O) groups excluding carboxylic acids is 4. The maximum atomic E-state index is 11.5. The van der Waals surface area contributed by atoms with Crippen LogP contribution >= 0.6 is 23.5 Å². The van der Waals surface area contributed by atoms with Crippen molar-refractivity contribution < 1.29 is 19.2 Å². The molecule has 0 fully saturated rings. The molecule has 0 saturated heterocycles. The van der Waals surface area contributed by atoms with Crippen LogP contribution in [0.25, 0.3) is 0 Å². The highest BCUT2D eigenvalue weighted by Crippen LogP contribution is 2.04. The maximum Gasteiger partial charge on any atom is 0.220 e. The summed E-state index contributed by atoms with van der Waals surface area (Å²) in [5, 5.41) is 5.42. The molecule has 24 heavy (non-hydrogen) atoms. The summed E-state index contributed by atoms with van der Waals surface area (Å²) >= 11 is 3.01. The van der Waals surface area contributed by atoms with Gasteiger partial charge in [-0.15, -0.1) is 0 Å². The molecule has 0 unspecified atom stereocenters. The number of primary amides is 2. The molecular formula is C14H26N4O4S2. The summed E-state index contributed by atoms with van der Waals surface area (Å²) in [4.78, 5) is 44.1. The van der Waals surface area contributed by atoms with Gasteiger partial charge in [-0.1, -0.05) is 0 Å². The molecule has 138 valence electrons. The quantitative estimate of drug-likeness (QED) is 0.275. The lowest BCUT2D eigenvalue weighted by Crippen LogP contribution is -2.34. The molecule has 0 aliphatic heterocycles. The fourth-order valence-corrected chi connectivity index (χ4v) is 3.22. The van der Waals surface area contributed by atoms with Crippen molar-refractivity contribution in [2.45, 2.75) is 25.7 Å². The number of nitrogens with two attached hydrogens (primary N) is 2. The summed E-state index contributed by atoms with van der Waals surface area (Å²) in [6.45, 7) is 0.761. The second-order valence-electron chi connectivity index (χ2n) is 4.86. The van der Waals surface area contributed by atoms with Crippen LogP contribution in [0.1, 0.15) is 25.7 Å². The van der Waals surface area contributed by atoms with Crippen molar-refractivity contribution in [1.82, 2.24) is 10.6 Å². The highest BCUT2D eigenvalue weighted by molar-refractivity contribution is 7.99. The fraction of sp³-hybridized carbons (Fsp3) is 0.714. The van der Waals surface area contributed by atoms with Gasteiger partial charge in [-0.05, 0) is 0 Å². The lowest BCUT2D eigenvalue weighted by molar-refractivity contribution is -0.122. The third-order valence-electron chi connectivity index (χ3n) is 2.70. The number of carbonyl (C=O) groups is 4. The predicted molar refractivity (Wildman–Crippen MR) is 97.5 cm³/mol. The number of rotatable bonds is 15. The minimum absolute atomic E-state index is 0.0853. The summed E-state index contributed by atoms with van der Waals surface area (Å²) < 4.78 is 0. The molecule has 0 bridgehead atoms. The lowest BCUT2D eigenvalue weighted by Gasteiger charge is -2.07. The number of hydrogen-bond donors (Lipinski definition) is 4. The average molecular weight is 379 g/mol. The number of nitrogens with one attached hydrogen (secondary N) is 2. The Bertz CT molecular complexity index is 384. The number of thioether (sulfide) groups is 2. The minimum Gasteiger partial charge on any atom is -0.370 e. The lowest BCUT2D eigenvalue weighted by atomic mass is 10.4. The van der Waals surface area contributed by atoms with Gasteiger partial charge in [0, 0.05) is 61.8 Å². The molecule has 0 radical (unpaired) electrons. The Morgan fingerprint density at radius 3 is 1.29 bits per heavy atom. The molecule has 8 nitrogen and oxygen atoms in total. The van der Waals surface area contributed by atoms with E-state index in [9.17, 15) is 19.2 Å². The van der Waals surface area contributed by atoms with Gasteiger partial charge in [-0.3, -0.25) is 19.2 Å². The van der Waals surface area contributed by atoms with Crippen LogP contribution in [-0.2, 0) is 19.2 Å². The van der Waals surface area contributed by atoms with Crippen molar-refractivity contribution in [2.24, 2.45) is 11.5 Å². The minimum atomic E-state index is -0.339. The van der Waals surface area contributed by atoms with Crippen molar-refractivity contribution >= 4 is 47.2 Å². The summed E-state index contributed by atoms with van der Waals surface area (Å²) in [6, 6.07) is 0. The monoisotopic (exact) mass is 378 g/mol. The van der Waals surface area contributed by atoms with Crippen LogP contribution in [0, 0.1) is 0 Å². The first kappa shape index (κ1) is 22.6. The molecule has 0 aromatic rings. The third kappa shape index (κ3) is 16.9. The van der Waals surface area contributed by atoms with Gasteiger partial charge in [-0.2, -0.15) is 23.5 Å². The summed E-state index contributed by atoms with van der Waals surface area (Å²) in [5.41, 5.74) is 10.0. The van der Waals surface area contributed by atoms with Crippen molar-refractivity contribution in [3.05, 3.63) is 0 Å². The first-order chi connectivity index (χ1) is 11.4. The van der Waals surface area contributed by atoms with E-state index in [2.05, 4.69) is 10.6 Å². The van der Waals surface area contributed by atoms with Crippen molar-refractivity contribution in [3.8, 4) is 0 Å². The molecule has 0 aromatic heterocycles. The van der Waals surface area contributed by atoms with Gasteiger partial charge in [0.25, 0.3) is 0 Å². The van der Waals surface area contributed by atoms with Gasteiger partial charge >= 0.3 is 0 Å². The molecule has 6 N–H and O–H groups in total. The van der Waals surface area contributed by atoms with Gasteiger partial charge in [0.05, 0.1) is 0 Å². The Balaban J connectivity index is 3.40. The predicted octanol–water partition coefficient (Wildman–Crippen LogP) is -0.784. The van der Waals surface area contributed by atoms with Gasteiger partial charge < -0.3 is 22.1 Å². The van der Waals surface area contributed by atoms with Gasteiger partial charge in [0.15, 0.2) is 0 Å². The van der Waals surface area contributed by atoms with E-state index in [4.69, 9.17) is 11.5 Å².